The zero-order valence-electron chi connectivity index (χ0n) is 11.2. The molecule has 1 aromatic carbocycles. The summed E-state index contributed by atoms with van der Waals surface area (Å²) in [6.45, 7) is 0.497. The zero-order valence-corrected chi connectivity index (χ0v) is 11.2. The summed E-state index contributed by atoms with van der Waals surface area (Å²) in [5.41, 5.74) is 6.96. The number of carbonyl (C=O) groups is 1. The van der Waals surface area contributed by atoms with Crippen LogP contribution in [0.2, 0.25) is 0 Å². The van der Waals surface area contributed by atoms with E-state index in [1.807, 2.05) is 47.4 Å². The van der Waals surface area contributed by atoms with Crippen LogP contribution in [0.3, 0.4) is 0 Å². The maximum Gasteiger partial charge on any atom is 0.244 e. The van der Waals surface area contributed by atoms with Crippen LogP contribution in [0.15, 0.2) is 53.1 Å². The highest BCUT2D eigenvalue weighted by Gasteiger charge is 2.35. The van der Waals surface area contributed by atoms with Crippen molar-refractivity contribution in [3.8, 4) is 0 Å². The number of nitrogens with two attached hydrogens (primary N) is 1. The lowest BCUT2D eigenvalue weighted by atomic mass is 10.1. The van der Waals surface area contributed by atoms with Gasteiger partial charge in [0, 0.05) is 6.04 Å². The Balaban J connectivity index is 1.75. The predicted octanol–water partition coefficient (Wildman–Crippen LogP) is 2.47. The Kier molecular flexibility index (Phi) is 3.56. The largest absolute Gasteiger partial charge is 0.467 e. The molecule has 1 fully saturated rings. The van der Waals surface area contributed by atoms with Crippen LogP contribution in [0.1, 0.15) is 30.2 Å². The van der Waals surface area contributed by atoms with Crippen LogP contribution in [0.25, 0.3) is 0 Å². The first-order chi connectivity index (χ1) is 9.75. The topological polar surface area (TPSA) is 59.5 Å². The first-order valence-corrected chi connectivity index (χ1v) is 6.89. The van der Waals surface area contributed by atoms with Crippen molar-refractivity contribution in [1.29, 1.82) is 0 Å². The Labute approximate surface area is 118 Å². The third-order valence-corrected chi connectivity index (χ3v) is 3.60. The standard InChI is InChI=1S/C16H18N2O2/c17-15(12-5-2-1-3-6-12)16(19)18(13-8-9-13)11-14-7-4-10-20-14/h1-7,10,13,15H,8-9,11,17H2/t15-/m0/s1. The zero-order chi connectivity index (χ0) is 13.9. The van der Waals surface area contributed by atoms with Crippen molar-refractivity contribution in [3.63, 3.8) is 0 Å². The molecule has 0 radical (unpaired) electrons. The molecular formula is C16H18N2O2. The van der Waals surface area contributed by atoms with Gasteiger partial charge >= 0.3 is 0 Å². The maximum absolute atomic E-state index is 12.6. The van der Waals surface area contributed by atoms with E-state index in [9.17, 15) is 4.79 Å². The molecule has 4 heteroatoms. The maximum atomic E-state index is 12.6. The average molecular weight is 270 g/mol. The summed E-state index contributed by atoms with van der Waals surface area (Å²) >= 11 is 0. The van der Waals surface area contributed by atoms with Gasteiger partial charge in [0.2, 0.25) is 5.91 Å². The molecule has 0 aliphatic heterocycles. The Morgan fingerprint density at radius 3 is 2.60 bits per heavy atom. The van der Waals surface area contributed by atoms with Gasteiger partial charge in [-0.15, -0.1) is 0 Å². The van der Waals surface area contributed by atoms with Gasteiger partial charge in [0.05, 0.1) is 12.8 Å². The highest BCUT2D eigenvalue weighted by Crippen LogP contribution is 2.30. The van der Waals surface area contributed by atoms with Gasteiger partial charge in [-0.1, -0.05) is 30.3 Å². The molecule has 1 heterocycles. The summed E-state index contributed by atoms with van der Waals surface area (Å²) in [7, 11) is 0. The first kappa shape index (κ1) is 12.9. The SMILES string of the molecule is N[C@H](C(=O)N(Cc1ccco1)C1CC1)c1ccccc1. The van der Waals surface area contributed by atoms with Crippen LogP contribution in [0.5, 0.6) is 0 Å². The number of hydrogen-bond donors (Lipinski definition) is 1. The van der Waals surface area contributed by atoms with Crippen LogP contribution in [0.4, 0.5) is 0 Å². The van der Waals surface area contributed by atoms with Gasteiger partial charge in [-0.25, -0.2) is 0 Å². The minimum absolute atomic E-state index is 0.0323. The second-order valence-electron chi connectivity index (χ2n) is 5.17. The number of furan rings is 1. The molecule has 4 nitrogen and oxygen atoms in total. The minimum atomic E-state index is -0.605. The first-order valence-electron chi connectivity index (χ1n) is 6.89. The number of amides is 1. The second-order valence-corrected chi connectivity index (χ2v) is 5.17. The van der Waals surface area contributed by atoms with E-state index in [1.54, 1.807) is 6.26 Å². The number of hydrogen-bond acceptors (Lipinski definition) is 3. The fourth-order valence-electron chi connectivity index (χ4n) is 2.33. The molecule has 1 aliphatic carbocycles. The van der Waals surface area contributed by atoms with E-state index < -0.39 is 6.04 Å². The van der Waals surface area contributed by atoms with E-state index in [-0.39, 0.29) is 5.91 Å². The highest BCUT2D eigenvalue weighted by atomic mass is 16.3. The van der Waals surface area contributed by atoms with Gasteiger partial charge < -0.3 is 15.1 Å². The molecule has 1 aromatic heterocycles. The van der Waals surface area contributed by atoms with Crippen LogP contribution in [-0.4, -0.2) is 16.8 Å². The van der Waals surface area contributed by atoms with Crippen molar-refractivity contribution in [1.82, 2.24) is 4.90 Å². The van der Waals surface area contributed by atoms with Crippen LogP contribution in [0, 0.1) is 0 Å². The lowest BCUT2D eigenvalue weighted by Gasteiger charge is -2.25. The van der Waals surface area contributed by atoms with Crippen molar-refractivity contribution in [2.24, 2.45) is 5.73 Å². The Morgan fingerprint density at radius 2 is 2.00 bits per heavy atom. The average Bonchev–Trinajstić information content (AvgIpc) is 3.21. The third kappa shape index (κ3) is 2.75. The normalized spacial score (nSPS) is 15.8. The Hall–Kier alpha value is -2.07. The predicted molar refractivity (Wildman–Crippen MR) is 75.7 cm³/mol. The molecule has 1 aliphatic rings. The number of rotatable bonds is 5. The number of benzene rings is 1. The van der Waals surface area contributed by atoms with E-state index >= 15 is 0 Å². The fraction of sp³-hybridized carbons (Fsp3) is 0.312. The lowest BCUT2D eigenvalue weighted by molar-refractivity contribution is -0.134. The molecule has 0 saturated heterocycles. The summed E-state index contributed by atoms with van der Waals surface area (Å²) in [5.74, 6) is 0.764. The molecule has 1 saturated carbocycles. The molecule has 2 aromatic rings. The smallest absolute Gasteiger partial charge is 0.244 e. The van der Waals surface area contributed by atoms with Gasteiger partial charge in [-0.05, 0) is 30.5 Å². The summed E-state index contributed by atoms with van der Waals surface area (Å²) in [6, 6.07) is 12.9. The molecule has 0 spiro atoms. The summed E-state index contributed by atoms with van der Waals surface area (Å²) in [6.07, 6.45) is 3.73. The van der Waals surface area contributed by atoms with E-state index in [0.717, 1.165) is 24.2 Å². The van der Waals surface area contributed by atoms with Crippen LogP contribution < -0.4 is 5.73 Å². The second kappa shape index (κ2) is 5.51. The van der Waals surface area contributed by atoms with E-state index in [1.165, 1.54) is 0 Å². The highest BCUT2D eigenvalue weighted by molar-refractivity contribution is 5.83. The van der Waals surface area contributed by atoms with E-state index in [0.29, 0.717) is 12.6 Å². The van der Waals surface area contributed by atoms with Crippen molar-refractivity contribution >= 4 is 5.91 Å². The van der Waals surface area contributed by atoms with Gasteiger partial charge in [0.25, 0.3) is 0 Å². The van der Waals surface area contributed by atoms with Crippen molar-refractivity contribution in [2.75, 3.05) is 0 Å². The fourth-order valence-corrected chi connectivity index (χ4v) is 2.33. The monoisotopic (exact) mass is 270 g/mol. The molecule has 1 amide bonds. The van der Waals surface area contributed by atoms with Gasteiger partial charge in [0.1, 0.15) is 11.8 Å². The number of carbonyl (C=O) groups excluding carboxylic acids is 1. The quantitative estimate of drug-likeness (QED) is 0.908. The van der Waals surface area contributed by atoms with E-state index in [4.69, 9.17) is 10.2 Å². The lowest BCUT2D eigenvalue weighted by Crippen LogP contribution is -2.39. The number of nitrogens with zero attached hydrogens (tertiary/aromatic N) is 1. The molecule has 2 N–H and O–H groups in total. The Bertz CT molecular complexity index is 561. The van der Waals surface area contributed by atoms with Crippen molar-refractivity contribution in [3.05, 3.63) is 60.1 Å². The van der Waals surface area contributed by atoms with Gasteiger partial charge in [-0.3, -0.25) is 4.79 Å². The molecule has 1 atom stereocenters. The summed E-state index contributed by atoms with van der Waals surface area (Å²) < 4.78 is 5.34. The van der Waals surface area contributed by atoms with Crippen molar-refractivity contribution in [2.45, 2.75) is 31.5 Å². The summed E-state index contributed by atoms with van der Waals surface area (Å²) in [5, 5.41) is 0. The van der Waals surface area contributed by atoms with E-state index in [2.05, 4.69) is 0 Å². The van der Waals surface area contributed by atoms with Crippen LogP contribution >= 0.6 is 0 Å². The molecule has 3 rings (SSSR count). The molecular weight excluding hydrogens is 252 g/mol. The molecule has 0 bridgehead atoms. The van der Waals surface area contributed by atoms with Gasteiger partial charge in [-0.2, -0.15) is 0 Å². The third-order valence-electron chi connectivity index (χ3n) is 3.60. The molecule has 0 unspecified atom stereocenters. The van der Waals surface area contributed by atoms with Gasteiger partial charge in [0.15, 0.2) is 0 Å². The molecule has 104 valence electrons. The van der Waals surface area contributed by atoms with Crippen LogP contribution in [-0.2, 0) is 11.3 Å². The molecule has 20 heavy (non-hydrogen) atoms. The van der Waals surface area contributed by atoms with Crippen molar-refractivity contribution < 1.29 is 9.21 Å². The minimum Gasteiger partial charge on any atom is -0.467 e. The Morgan fingerprint density at radius 1 is 1.25 bits per heavy atom. The summed E-state index contributed by atoms with van der Waals surface area (Å²) in [4.78, 5) is 14.5.